The normalized spacial score (nSPS) is 19.0. The monoisotopic (exact) mass is 415 g/mol. The van der Waals surface area contributed by atoms with Crippen molar-refractivity contribution >= 4 is 23.0 Å². The number of fused-ring (bicyclic) bond motifs is 1. The maximum absolute atomic E-state index is 13.6. The summed E-state index contributed by atoms with van der Waals surface area (Å²) in [6.45, 7) is 4.75. The molecule has 0 atom stereocenters. The highest BCUT2D eigenvalue weighted by Crippen LogP contribution is 2.32. The number of primary amides is 1. The van der Waals surface area contributed by atoms with Crippen molar-refractivity contribution in [1.82, 2.24) is 24.0 Å². The summed E-state index contributed by atoms with van der Waals surface area (Å²) in [5.41, 5.74) is 6.95. The third-order valence-electron chi connectivity index (χ3n) is 6.45. The topological polar surface area (TPSA) is 111 Å². The Balaban J connectivity index is 1.67. The number of nitrogens with one attached hydrogen (secondary N) is 1. The molecule has 30 heavy (non-hydrogen) atoms. The molecule has 1 saturated carbocycles. The molecule has 2 aliphatic rings. The quantitative estimate of drug-likeness (QED) is 0.638. The van der Waals surface area contributed by atoms with Crippen molar-refractivity contribution < 1.29 is 4.79 Å². The van der Waals surface area contributed by atoms with Gasteiger partial charge in [-0.2, -0.15) is 4.98 Å². The minimum Gasteiger partial charge on any atom is -0.369 e. The summed E-state index contributed by atoms with van der Waals surface area (Å²) in [5.74, 6) is 0.276. The number of hydrogen-bond donors (Lipinski definition) is 2. The summed E-state index contributed by atoms with van der Waals surface area (Å²) in [7, 11) is 0. The Morgan fingerprint density at radius 2 is 1.87 bits per heavy atom. The lowest BCUT2D eigenvalue weighted by Crippen LogP contribution is -2.41. The van der Waals surface area contributed by atoms with Crippen molar-refractivity contribution in [2.45, 2.75) is 70.4 Å². The van der Waals surface area contributed by atoms with Crippen LogP contribution >= 0.6 is 0 Å². The molecule has 1 saturated heterocycles. The zero-order valence-electron chi connectivity index (χ0n) is 17.8. The number of aromatic nitrogens is 4. The molecule has 2 aromatic heterocycles. The zero-order valence-corrected chi connectivity index (χ0v) is 17.8. The fraction of sp³-hybridized carbons (Fsp3) is 0.714. The van der Waals surface area contributed by atoms with E-state index >= 15 is 0 Å². The average molecular weight is 416 g/mol. The van der Waals surface area contributed by atoms with Gasteiger partial charge in [-0.05, 0) is 32.1 Å². The maximum Gasteiger partial charge on any atom is 0.330 e. The molecule has 0 aromatic carbocycles. The Morgan fingerprint density at radius 1 is 1.17 bits per heavy atom. The highest BCUT2D eigenvalue weighted by molar-refractivity contribution is 5.76. The summed E-state index contributed by atoms with van der Waals surface area (Å²) < 4.78 is 3.83. The molecular formula is C21H33N7O2. The lowest BCUT2D eigenvalue weighted by Gasteiger charge is -2.31. The van der Waals surface area contributed by atoms with Crippen LogP contribution in [0.25, 0.3) is 11.2 Å². The van der Waals surface area contributed by atoms with Crippen LogP contribution in [0.1, 0.15) is 70.4 Å². The number of carbonyl (C=O) groups is 1. The molecule has 1 aliphatic carbocycles. The minimum absolute atomic E-state index is 0.0326. The largest absolute Gasteiger partial charge is 0.369 e. The smallest absolute Gasteiger partial charge is 0.330 e. The molecule has 2 fully saturated rings. The van der Waals surface area contributed by atoms with E-state index in [1.54, 1.807) is 0 Å². The standard InChI is InChI=1S/C21H33N7O2/c1-2-3-10-23-20-24-13-17-19(25-20)28(21(30)27(17)15-6-4-5-7-15)16-8-11-26(12-9-16)14-18(22)29/h13,15-16H,2-12,14H2,1H3,(H2,22,29)(H,23,24,25). The van der Waals surface area contributed by atoms with E-state index in [9.17, 15) is 9.59 Å². The molecule has 2 aromatic rings. The number of nitrogens with zero attached hydrogens (tertiary/aromatic N) is 5. The van der Waals surface area contributed by atoms with Gasteiger partial charge in [0.15, 0.2) is 5.65 Å². The van der Waals surface area contributed by atoms with Gasteiger partial charge in [-0.3, -0.25) is 18.8 Å². The first-order chi connectivity index (χ1) is 14.6. The summed E-state index contributed by atoms with van der Waals surface area (Å²) in [6.07, 6.45) is 9.96. The van der Waals surface area contributed by atoms with Gasteiger partial charge >= 0.3 is 5.69 Å². The number of imidazole rings is 1. The number of piperidine rings is 1. The van der Waals surface area contributed by atoms with Gasteiger partial charge in [0.25, 0.3) is 0 Å². The number of nitrogens with two attached hydrogens (primary N) is 1. The highest BCUT2D eigenvalue weighted by atomic mass is 16.2. The van der Waals surface area contributed by atoms with E-state index in [4.69, 9.17) is 10.7 Å². The molecular weight excluding hydrogens is 382 g/mol. The van der Waals surface area contributed by atoms with Crippen molar-refractivity contribution in [3.8, 4) is 0 Å². The third-order valence-corrected chi connectivity index (χ3v) is 6.45. The minimum atomic E-state index is -0.306. The van der Waals surface area contributed by atoms with Gasteiger partial charge in [0.05, 0.1) is 12.7 Å². The van der Waals surface area contributed by atoms with Crippen molar-refractivity contribution in [2.24, 2.45) is 5.73 Å². The molecule has 4 rings (SSSR count). The Morgan fingerprint density at radius 3 is 2.53 bits per heavy atom. The number of amides is 1. The lowest BCUT2D eigenvalue weighted by molar-refractivity contribution is -0.119. The van der Waals surface area contributed by atoms with Gasteiger partial charge in [-0.25, -0.2) is 9.78 Å². The van der Waals surface area contributed by atoms with Gasteiger partial charge in [-0.1, -0.05) is 26.2 Å². The van der Waals surface area contributed by atoms with E-state index in [1.165, 1.54) is 0 Å². The van der Waals surface area contributed by atoms with Crippen LogP contribution in [0.15, 0.2) is 11.0 Å². The number of hydrogen-bond acceptors (Lipinski definition) is 6. The molecule has 3 N–H and O–H groups in total. The van der Waals surface area contributed by atoms with E-state index < -0.39 is 0 Å². The van der Waals surface area contributed by atoms with E-state index in [-0.39, 0.29) is 30.2 Å². The molecule has 164 valence electrons. The van der Waals surface area contributed by atoms with Gasteiger partial charge in [-0.15, -0.1) is 0 Å². The molecule has 9 nitrogen and oxygen atoms in total. The summed E-state index contributed by atoms with van der Waals surface area (Å²) in [6, 6.07) is 0.309. The second-order valence-corrected chi connectivity index (χ2v) is 8.62. The van der Waals surface area contributed by atoms with Crippen molar-refractivity contribution in [2.75, 3.05) is 31.5 Å². The van der Waals surface area contributed by atoms with E-state index in [1.807, 2.05) is 15.3 Å². The summed E-state index contributed by atoms with van der Waals surface area (Å²) in [5, 5.41) is 3.29. The fourth-order valence-electron chi connectivity index (χ4n) is 4.89. The number of likely N-dealkylation sites (tertiary alicyclic amines) is 1. The molecule has 0 spiro atoms. The predicted octanol–water partition coefficient (Wildman–Crippen LogP) is 2.04. The summed E-state index contributed by atoms with van der Waals surface area (Å²) in [4.78, 5) is 36.1. The molecule has 0 bridgehead atoms. The Hall–Kier alpha value is -2.42. The molecule has 3 heterocycles. The van der Waals surface area contributed by atoms with E-state index in [2.05, 4.69) is 22.1 Å². The van der Waals surface area contributed by atoms with E-state index in [0.717, 1.165) is 82.2 Å². The van der Waals surface area contributed by atoms with Crippen LogP contribution in [0.5, 0.6) is 0 Å². The zero-order chi connectivity index (χ0) is 21.1. The predicted molar refractivity (Wildman–Crippen MR) is 117 cm³/mol. The maximum atomic E-state index is 13.6. The van der Waals surface area contributed by atoms with Crippen LogP contribution in [0, 0.1) is 0 Å². The number of rotatable bonds is 8. The van der Waals surface area contributed by atoms with Crippen molar-refractivity contribution in [3.63, 3.8) is 0 Å². The molecule has 0 radical (unpaired) electrons. The Labute approximate surface area is 176 Å². The van der Waals surface area contributed by atoms with Gasteiger partial charge < -0.3 is 11.1 Å². The van der Waals surface area contributed by atoms with Gasteiger partial charge in [0, 0.05) is 31.7 Å². The Bertz CT molecular complexity index is 937. The summed E-state index contributed by atoms with van der Waals surface area (Å²) >= 11 is 0. The van der Waals surface area contributed by atoms with Crippen LogP contribution in [0.4, 0.5) is 5.95 Å². The van der Waals surface area contributed by atoms with Crippen LogP contribution < -0.4 is 16.7 Å². The highest BCUT2D eigenvalue weighted by Gasteiger charge is 2.30. The van der Waals surface area contributed by atoms with Crippen LogP contribution in [0.2, 0.25) is 0 Å². The lowest BCUT2D eigenvalue weighted by atomic mass is 10.0. The van der Waals surface area contributed by atoms with Crippen LogP contribution in [-0.2, 0) is 4.79 Å². The van der Waals surface area contributed by atoms with Crippen molar-refractivity contribution in [1.29, 1.82) is 0 Å². The third kappa shape index (κ3) is 4.21. The second kappa shape index (κ2) is 9.16. The molecule has 1 amide bonds. The van der Waals surface area contributed by atoms with E-state index in [0.29, 0.717) is 5.95 Å². The Kier molecular flexibility index (Phi) is 6.36. The van der Waals surface area contributed by atoms with Crippen LogP contribution in [0.3, 0.4) is 0 Å². The first-order valence-corrected chi connectivity index (χ1v) is 11.3. The van der Waals surface area contributed by atoms with Crippen LogP contribution in [-0.4, -0.2) is 56.1 Å². The number of carbonyl (C=O) groups excluding carboxylic acids is 1. The molecule has 9 heteroatoms. The van der Waals surface area contributed by atoms with Gasteiger partial charge in [0.2, 0.25) is 11.9 Å². The molecule has 0 unspecified atom stereocenters. The number of unbranched alkanes of at least 4 members (excludes halogenated alkanes) is 1. The SMILES string of the molecule is CCCCNc1ncc2c(n1)n(C1CCN(CC(N)=O)CC1)c(=O)n2C1CCCC1. The molecule has 1 aliphatic heterocycles. The average Bonchev–Trinajstić information content (AvgIpc) is 3.34. The van der Waals surface area contributed by atoms with Gasteiger partial charge in [0.1, 0.15) is 5.52 Å². The fourth-order valence-corrected chi connectivity index (χ4v) is 4.89. The first-order valence-electron chi connectivity index (χ1n) is 11.3. The van der Waals surface area contributed by atoms with Crippen molar-refractivity contribution in [3.05, 3.63) is 16.7 Å². The first kappa shape index (κ1) is 20.8. The second-order valence-electron chi connectivity index (χ2n) is 8.62. The number of anilines is 1.